The molecule has 106 valence electrons. The summed E-state index contributed by atoms with van der Waals surface area (Å²) in [5, 5.41) is 8.07. The van der Waals surface area contributed by atoms with Crippen LogP contribution in [0.3, 0.4) is 0 Å². The second-order valence-corrected chi connectivity index (χ2v) is 5.26. The Morgan fingerprint density at radius 1 is 1.35 bits per heavy atom. The smallest absolute Gasteiger partial charge is 0.152 e. The van der Waals surface area contributed by atoms with E-state index in [1.54, 1.807) is 6.33 Å². The average molecular weight is 272 g/mol. The van der Waals surface area contributed by atoms with Crippen LogP contribution < -0.4 is 10.6 Å². The highest BCUT2D eigenvalue weighted by molar-refractivity contribution is 5.40. The van der Waals surface area contributed by atoms with Gasteiger partial charge in [0.1, 0.15) is 12.1 Å². The lowest BCUT2D eigenvalue weighted by molar-refractivity contribution is 0.556. The van der Waals surface area contributed by atoms with E-state index >= 15 is 0 Å². The summed E-state index contributed by atoms with van der Waals surface area (Å²) in [6, 6.07) is 4.41. The largest absolute Gasteiger partial charge is 0.347 e. The Balaban J connectivity index is 1.69. The predicted molar refractivity (Wildman–Crippen MR) is 77.3 cm³/mol. The maximum absolute atomic E-state index is 5.97. The zero-order valence-electron chi connectivity index (χ0n) is 11.7. The van der Waals surface area contributed by atoms with Gasteiger partial charge in [0.2, 0.25) is 0 Å². The van der Waals surface area contributed by atoms with Crippen LogP contribution >= 0.6 is 0 Å². The molecule has 2 aromatic rings. The highest BCUT2D eigenvalue weighted by Gasteiger charge is 2.18. The Morgan fingerprint density at radius 2 is 2.25 bits per heavy atom. The third kappa shape index (κ3) is 2.65. The lowest BCUT2D eigenvalue weighted by Crippen LogP contribution is -2.34. The third-order valence-electron chi connectivity index (χ3n) is 3.79. The summed E-state index contributed by atoms with van der Waals surface area (Å²) in [4.78, 5) is 6.79. The molecule has 1 atom stereocenters. The van der Waals surface area contributed by atoms with E-state index in [4.69, 9.17) is 5.73 Å². The molecule has 0 aliphatic carbocycles. The van der Waals surface area contributed by atoms with Gasteiger partial charge in [-0.3, -0.25) is 0 Å². The van der Waals surface area contributed by atoms with Crippen LogP contribution in [0.5, 0.6) is 0 Å². The number of hydrogen-bond donors (Lipinski definition) is 1. The number of aromatic nitrogens is 4. The number of pyridine rings is 1. The molecule has 2 N–H and O–H groups in total. The number of nitrogens with zero attached hydrogens (tertiary/aromatic N) is 5. The molecule has 6 nitrogen and oxygen atoms in total. The van der Waals surface area contributed by atoms with Gasteiger partial charge in [0.05, 0.1) is 6.54 Å². The van der Waals surface area contributed by atoms with Crippen LogP contribution in [0.15, 0.2) is 24.7 Å². The number of nitrogens with two attached hydrogens (primary N) is 1. The summed E-state index contributed by atoms with van der Waals surface area (Å²) in [5.41, 5.74) is 7.17. The summed E-state index contributed by atoms with van der Waals surface area (Å²) in [7, 11) is 0. The highest BCUT2D eigenvalue weighted by atomic mass is 15.3. The van der Waals surface area contributed by atoms with Crippen molar-refractivity contribution in [3.8, 4) is 0 Å². The molecule has 0 amide bonds. The molecule has 3 rings (SSSR count). The molecule has 1 aliphatic heterocycles. The van der Waals surface area contributed by atoms with E-state index in [9.17, 15) is 0 Å². The summed E-state index contributed by atoms with van der Waals surface area (Å²) in [6.07, 6.45) is 5.60. The predicted octanol–water partition coefficient (Wildman–Crippen LogP) is 0.973. The quantitative estimate of drug-likeness (QED) is 0.898. The lowest BCUT2D eigenvalue weighted by atomic mass is 10.1. The van der Waals surface area contributed by atoms with Crippen molar-refractivity contribution >= 4 is 5.82 Å². The van der Waals surface area contributed by atoms with E-state index < -0.39 is 0 Å². The van der Waals surface area contributed by atoms with Crippen molar-refractivity contribution < 1.29 is 0 Å². The van der Waals surface area contributed by atoms with E-state index in [1.807, 2.05) is 6.20 Å². The first-order chi connectivity index (χ1) is 9.76. The Labute approximate surface area is 118 Å². The Hall–Kier alpha value is -1.95. The van der Waals surface area contributed by atoms with Gasteiger partial charge < -0.3 is 15.2 Å². The normalized spacial score (nSPS) is 16.0. The molecule has 6 heteroatoms. The van der Waals surface area contributed by atoms with Crippen LogP contribution in [0.25, 0.3) is 0 Å². The van der Waals surface area contributed by atoms with Gasteiger partial charge in [0, 0.05) is 25.3 Å². The SMILES string of the molecule is CCC(N)Cc1ccc(N2CCn3cnnc3C2)nc1. The topological polar surface area (TPSA) is 72.9 Å². The molecule has 1 unspecified atom stereocenters. The molecule has 0 radical (unpaired) electrons. The van der Waals surface area contributed by atoms with Crippen LogP contribution in [0, 0.1) is 0 Å². The van der Waals surface area contributed by atoms with Crippen LogP contribution in [-0.2, 0) is 19.5 Å². The summed E-state index contributed by atoms with van der Waals surface area (Å²) in [5.74, 6) is 1.99. The van der Waals surface area contributed by atoms with Gasteiger partial charge >= 0.3 is 0 Å². The first kappa shape index (κ1) is 13.1. The van der Waals surface area contributed by atoms with Gasteiger partial charge in [-0.25, -0.2) is 4.98 Å². The van der Waals surface area contributed by atoms with E-state index in [-0.39, 0.29) is 6.04 Å². The van der Waals surface area contributed by atoms with Crippen molar-refractivity contribution in [3.63, 3.8) is 0 Å². The van der Waals surface area contributed by atoms with Crippen molar-refractivity contribution in [1.29, 1.82) is 0 Å². The van der Waals surface area contributed by atoms with Crippen LogP contribution in [0.1, 0.15) is 24.7 Å². The molecule has 0 saturated carbocycles. The number of hydrogen-bond acceptors (Lipinski definition) is 5. The van der Waals surface area contributed by atoms with E-state index in [0.717, 1.165) is 44.1 Å². The van der Waals surface area contributed by atoms with Crippen LogP contribution in [0.4, 0.5) is 5.82 Å². The first-order valence-corrected chi connectivity index (χ1v) is 7.08. The van der Waals surface area contributed by atoms with Gasteiger partial charge in [-0.15, -0.1) is 10.2 Å². The molecule has 0 bridgehead atoms. The zero-order chi connectivity index (χ0) is 13.9. The van der Waals surface area contributed by atoms with Gasteiger partial charge in [0.15, 0.2) is 5.82 Å². The van der Waals surface area contributed by atoms with Gasteiger partial charge in [0.25, 0.3) is 0 Å². The third-order valence-corrected chi connectivity index (χ3v) is 3.79. The van der Waals surface area contributed by atoms with E-state index in [2.05, 4.69) is 43.7 Å². The molecule has 0 saturated heterocycles. The maximum Gasteiger partial charge on any atom is 0.152 e. The highest BCUT2D eigenvalue weighted by Crippen LogP contribution is 2.18. The standard InChI is InChI=1S/C14H20N6/c1-2-12(15)7-11-3-4-13(16-8-11)19-5-6-20-10-17-18-14(20)9-19/h3-4,8,10,12H,2,5-7,9,15H2,1H3. The monoisotopic (exact) mass is 272 g/mol. The van der Waals surface area contributed by atoms with Crippen molar-refractivity contribution in [3.05, 3.63) is 36.0 Å². The number of anilines is 1. The summed E-state index contributed by atoms with van der Waals surface area (Å²) in [6.45, 7) is 4.72. The van der Waals surface area contributed by atoms with Gasteiger partial charge in [-0.05, 0) is 24.5 Å². The van der Waals surface area contributed by atoms with Crippen molar-refractivity contribution in [2.45, 2.75) is 38.9 Å². The second kappa shape index (κ2) is 5.58. The zero-order valence-corrected chi connectivity index (χ0v) is 11.7. The Bertz CT molecular complexity index is 561. The fraction of sp³-hybridized carbons (Fsp3) is 0.500. The van der Waals surface area contributed by atoms with Gasteiger partial charge in [-0.2, -0.15) is 0 Å². The van der Waals surface area contributed by atoms with E-state index in [0.29, 0.717) is 0 Å². The Morgan fingerprint density at radius 3 is 3.00 bits per heavy atom. The first-order valence-electron chi connectivity index (χ1n) is 7.08. The van der Waals surface area contributed by atoms with Crippen molar-refractivity contribution in [2.24, 2.45) is 5.73 Å². The van der Waals surface area contributed by atoms with Gasteiger partial charge in [-0.1, -0.05) is 13.0 Å². The number of rotatable bonds is 4. The number of fused-ring (bicyclic) bond motifs is 1. The maximum atomic E-state index is 5.97. The minimum Gasteiger partial charge on any atom is -0.347 e. The minimum absolute atomic E-state index is 0.219. The van der Waals surface area contributed by atoms with Crippen molar-refractivity contribution in [1.82, 2.24) is 19.7 Å². The molecule has 2 aromatic heterocycles. The Kier molecular flexibility index (Phi) is 3.64. The van der Waals surface area contributed by atoms with Crippen LogP contribution in [0.2, 0.25) is 0 Å². The fourth-order valence-corrected chi connectivity index (χ4v) is 2.43. The molecule has 3 heterocycles. The van der Waals surface area contributed by atoms with E-state index in [1.165, 1.54) is 5.56 Å². The molecule has 1 aliphatic rings. The van der Waals surface area contributed by atoms with Crippen molar-refractivity contribution in [2.75, 3.05) is 11.4 Å². The average Bonchev–Trinajstić information content (AvgIpc) is 2.95. The second-order valence-electron chi connectivity index (χ2n) is 5.26. The van der Waals surface area contributed by atoms with Crippen LogP contribution in [-0.4, -0.2) is 32.3 Å². The molecular formula is C14H20N6. The summed E-state index contributed by atoms with van der Waals surface area (Å²) >= 11 is 0. The molecule has 0 spiro atoms. The fourth-order valence-electron chi connectivity index (χ4n) is 2.43. The minimum atomic E-state index is 0.219. The lowest BCUT2D eigenvalue weighted by Gasteiger charge is -2.28. The molecule has 20 heavy (non-hydrogen) atoms. The molecule has 0 fully saturated rings. The summed E-state index contributed by atoms with van der Waals surface area (Å²) < 4.78 is 2.09. The molecular weight excluding hydrogens is 252 g/mol. The molecule has 0 aromatic carbocycles.